The van der Waals surface area contributed by atoms with Gasteiger partial charge in [0.15, 0.2) is 0 Å². The van der Waals surface area contributed by atoms with Gasteiger partial charge in [0.25, 0.3) is 0 Å². The van der Waals surface area contributed by atoms with E-state index < -0.39 is 0 Å². The Morgan fingerprint density at radius 3 is 2.87 bits per heavy atom. The number of para-hydroxylation sites is 1. The van der Waals surface area contributed by atoms with Crippen LogP contribution in [0.4, 0.5) is 5.82 Å². The lowest BCUT2D eigenvalue weighted by atomic mass is 9.84. The van der Waals surface area contributed by atoms with E-state index in [-0.39, 0.29) is 11.6 Å². The molecule has 5 rings (SSSR count). The van der Waals surface area contributed by atoms with Crippen molar-refractivity contribution in [1.82, 2.24) is 15.0 Å². The van der Waals surface area contributed by atoms with Gasteiger partial charge in [-0.05, 0) is 57.6 Å². The molecule has 2 aromatic heterocycles. The highest BCUT2D eigenvalue weighted by Gasteiger charge is 2.33. The normalized spacial score (nSPS) is 21.3. The Hall–Kier alpha value is -2.60. The largest absolute Gasteiger partial charge is 0.493 e. The SMILES string of the molecule is COC(C)(C)CCC1COc2ccccc2C1Nc1ncnc2[nH]c(C3CC3)cc12. The van der Waals surface area contributed by atoms with Gasteiger partial charge in [0, 0.05) is 24.3 Å². The van der Waals surface area contributed by atoms with Crippen molar-refractivity contribution in [1.29, 1.82) is 0 Å². The van der Waals surface area contributed by atoms with Crippen LogP contribution in [0.25, 0.3) is 11.0 Å². The number of fused-ring (bicyclic) bond motifs is 2. The van der Waals surface area contributed by atoms with Crippen LogP contribution in [0.1, 0.15) is 62.7 Å². The molecular weight excluding hydrogens is 376 g/mol. The molecule has 6 nitrogen and oxygen atoms in total. The fourth-order valence-corrected chi connectivity index (χ4v) is 4.33. The van der Waals surface area contributed by atoms with Gasteiger partial charge in [0.05, 0.1) is 23.6 Å². The van der Waals surface area contributed by atoms with E-state index in [1.165, 1.54) is 24.1 Å². The van der Waals surface area contributed by atoms with Crippen molar-refractivity contribution in [3.8, 4) is 5.75 Å². The van der Waals surface area contributed by atoms with Crippen molar-refractivity contribution in [2.24, 2.45) is 5.92 Å². The molecule has 0 bridgehead atoms. The summed E-state index contributed by atoms with van der Waals surface area (Å²) in [4.78, 5) is 12.6. The molecule has 2 atom stereocenters. The predicted molar refractivity (Wildman–Crippen MR) is 118 cm³/mol. The molecule has 0 spiro atoms. The molecule has 1 aromatic carbocycles. The van der Waals surface area contributed by atoms with Crippen LogP contribution in [-0.4, -0.2) is 34.3 Å². The Balaban J connectivity index is 1.47. The zero-order valence-corrected chi connectivity index (χ0v) is 17.9. The van der Waals surface area contributed by atoms with Gasteiger partial charge >= 0.3 is 0 Å². The molecule has 6 heteroatoms. The second-order valence-corrected chi connectivity index (χ2v) is 9.22. The standard InChI is InChI=1S/C24H30N4O2/c1-24(2,29-3)11-10-16-13-30-20-7-5-4-6-17(20)21(16)28-23-18-12-19(15-8-9-15)27-22(18)25-14-26-23/h4-7,12,14-16,21H,8-11,13H2,1-3H3,(H2,25,26,27,28). The van der Waals surface area contributed by atoms with E-state index in [1.807, 2.05) is 6.07 Å². The first-order chi connectivity index (χ1) is 14.5. The number of aromatic amines is 1. The lowest BCUT2D eigenvalue weighted by Crippen LogP contribution is -2.33. The molecule has 2 N–H and O–H groups in total. The number of hydrogen-bond donors (Lipinski definition) is 2. The van der Waals surface area contributed by atoms with E-state index in [0.717, 1.165) is 35.4 Å². The van der Waals surface area contributed by atoms with Gasteiger partial charge in [-0.3, -0.25) is 0 Å². The molecule has 0 saturated heterocycles. The first kappa shape index (κ1) is 19.4. The average Bonchev–Trinajstić information content (AvgIpc) is 3.52. The highest BCUT2D eigenvalue weighted by atomic mass is 16.5. The van der Waals surface area contributed by atoms with Crippen LogP contribution in [0.3, 0.4) is 0 Å². The number of methoxy groups -OCH3 is 1. The quantitative estimate of drug-likeness (QED) is 0.564. The van der Waals surface area contributed by atoms with Gasteiger partial charge < -0.3 is 19.8 Å². The minimum atomic E-state index is -0.149. The molecule has 158 valence electrons. The van der Waals surface area contributed by atoms with Gasteiger partial charge in [-0.1, -0.05) is 18.2 Å². The molecule has 30 heavy (non-hydrogen) atoms. The van der Waals surface area contributed by atoms with Crippen molar-refractivity contribution in [3.05, 3.63) is 47.9 Å². The van der Waals surface area contributed by atoms with Crippen molar-refractivity contribution >= 4 is 16.9 Å². The molecule has 0 radical (unpaired) electrons. The fraction of sp³-hybridized carbons (Fsp3) is 0.500. The smallest absolute Gasteiger partial charge is 0.143 e. The summed E-state index contributed by atoms with van der Waals surface area (Å²) < 4.78 is 11.8. The minimum absolute atomic E-state index is 0.125. The zero-order valence-electron chi connectivity index (χ0n) is 17.9. The van der Waals surface area contributed by atoms with Crippen LogP contribution in [0.15, 0.2) is 36.7 Å². The van der Waals surface area contributed by atoms with Gasteiger partial charge in [-0.25, -0.2) is 9.97 Å². The van der Waals surface area contributed by atoms with Crippen molar-refractivity contribution in [2.75, 3.05) is 19.0 Å². The van der Waals surface area contributed by atoms with Crippen molar-refractivity contribution in [3.63, 3.8) is 0 Å². The second-order valence-electron chi connectivity index (χ2n) is 9.22. The number of H-pyrrole nitrogens is 1. The van der Waals surface area contributed by atoms with E-state index >= 15 is 0 Å². The first-order valence-electron chi connectivity index (χ1n) is 10.9. The Kier molecular flexibility index (Phi) is 4.89. The third-order valence-electron chi connectivity index (χ3n) is 6.60. The van der Waals surface area contributed by atoms with Crippen molar-refractivity contribution < 1.29 is 9.47 Å². The Bertz CT molecular complexity index is 1040. The average molecular weight is 407 g/mol. The van der Waals surface area contributed by atoms with E-state index in [9.17, 15) is 0 Å². The van der Waals surface area contributed by atoms with Crippen LogP contribution in [0.5, 0.6) is 5.75 Å². The van der Waals surface area contributed by atoms with Gasteiger partial charge in [-0.15, -0.1) is 0 Å². The molecule has 3 heterocycles. The summed E-state index contributed by atoms with van der Waals surface area (Å²) in [6, 6.07) is 10.7. The molecule has 1 saturated carbocycles. The van der Waals surface area contributed by atoms with Crippen LogP contribution in [0, 0.1) is 5.92 Å². The van der Waals surface area contributed by atoms with Crippen LogP contribution >= 0.6 is 0 Å². The molecule has 0 amide bonds. The molecule has 1 fully saturated rings. The third kappa shape index (κ3) is 3.76. The predicted octanol–water partition coefficient (Wildman–Crippen LogP) is 5.20. The number of ether oxygens (including phenoxy) is 2. The summed E-state index contributed by atoms with van der Waals surface area (Å²) >= 11 is 0. The highest BCUT2D eigenvalue weighted by molar-refractivity contribution is 5.88. The number of hydrogen-bond acceptors (Lipinski definition) is 5. The monoisotopic (exact) mass is 406 g/mol. The molecule has 1 aliphatic heterocycles. The van der Waals surface area contributed by atoms with E-state index in [0.29, 0.717) is 18.4 Å². The molecule has 2 unspecified atom stereocenters. The molecule has 1 aliphatic carbocycles. The number of anilines is 1. The maximum atomic E-state index is 6.11. The lowest BCUT2D eigenvalue weighted by molar-refractivity contribution is 0.00698. The summed E-state index contributed by atoms with van der Waals surface area (Å²) in [7, 11) is 1.78. The maximum absolute atomic E-state index is 6.11. The Morgan fingerprint density at radius 1 is 1.23 bits per heavy atom. The number of aromatic nitrogens is 3. The highest BCUT2D eigenvalue weighted by Crippen LogP contribution is 2.43. The van der Waals surface area contributed by atoms with Crippen molar-refractivity contribution in [2.45, 2.75) is 57.1 Å². The van der Waals surface area contributed by atoms with E-state index in [4.69, 9.17) is 9.47 Å². The first-order valence-corrected chi connectivity index (χ1v) is 10.9. The lowest BCUT2D eigenvalue weighted by Gasteiger charge is -2.36. The van der Waals surface area contributed by atoms with Gasteiger partial charge in [0.2, 0.25) is 0 Å². The summed E-state index contributed by atoms with van der Waals surface area (Å²) in [5.74, 6) is 2.82. The van der Waals surface area contributed by atoms with E-state index in [1.54, 1.807) is 13.4 Å². The van der Waals surface area contributed by atoms with Crippen LogP contribution < -0.4 is 10.1 Å². The number of benzene rings is 1. The minimum Gasteiger partial charge on any atom is -0.493 e. The number of nitrogens with one attached hydrogen (secondary N) is 2. The zero-order chi connectivity index (χ0) is 20.7. The summed E-state index contributed by atoms with van der Waals surface area (Å²) in [5, 5.41) is 4.83. The molecule has 2 aliphatic rings. The third-order valence-corrected chi connectivity index (χ3v) is 6.60. The number of nitrogens with zero attached hydrogens (tertiary/aromatic N) is 2. The summed E-state index contributed by atoms with van der Waals surface area (Å²) in [6.45, 7) is 4.96. The maximum Gasteiger partial charge on any atom is 0.143 e. The van der Waals surface area contributed by atoms with Gasteiger partial charge in [-0.2, -0.15) is 0 Å². The molecular formula is C24H30N4O2. The fourth-order valence-electron chi connectivity index (χ4n) is 4.33. The summed E-state index contributed by atoms with van der Waals surface area (Å²) in [5.41, 5.74) is 3.23. The Morgan fingerprint density at radius 2 is 2.07 bits per heavy atom. The molecule has 3 aromatic rings. The van der Waals surface area contributed by atoms with Gasteiger partial charge in [0.1, 0.15) is 23.5 Å². The van der Waals surface area contributed by atoms with Crippen LogP contribution in [-0.2, 0) is 4.74 Å². The Labute approximate surface area is 177 Å². The topological polar surface area (TPSA) is 72.1 Å². The second kappa shape index (κ2) is 7.58. The number of rotatable bonds is 7. The van der Waals surface area contributed by atoms with Crippen LogP contribution in [0.2, 0.25) is 0 Å². The van der Waals surface area contributed by atoms with E-state index in [2.05, 4.69) is 58.4 Å². The summed E-state index contributed by atoms with van der Waals surface area (Å²) in [6.07, 6.45) is 6.13.